The highest BCUT2D eigenvalue weighted by molar-refractivity contribution is 5.94. The van der Waals surface area contributed by atoms with Crippen molar-refractivity contribution in [2.45, 2.75) is 39.2 Å². The van der Waals surface area contributed by atoms with Gasteiger partial charge >= 0.3 is 0 Å². The zero-order chi connectivity index (χ0) is 18.8. The molecule has 1 atom stereocenters. The first-order valence-electron chi connectivity index (χ1n) is 8.96. The zero-order valence-electron chi connectivity index (χ0n) is 15.3. The summed E-state index contributed by atoms with van der Waals surface area (Å²) in [7, 11) is 0. The quantitative estimate of drug-likeness (QED) is 0.713. The molecule has 0 aliphatic heterocycles. The Labute approximate surface area is 154 Å². The Morgan fingerprint density at radius 1 is 0.962 bits per heavy atom. The Kier molecular flexibility index (Phi) is 7.68. The molecule has 1 unspecified atom stereocenters. The molecule has 2 aromatic carbocycles. The van der Waals surface area contributed by atoms with E-state index in [4.69, 9.17) is 4.74 Å². The molecule has 0 aliphatic rings. The molecular formula is C21H26N2O3. The maximum atomic E-state index is 12.2. The summed E-state index contributed by atoms with van der Waals surface area (Å²) in [6.45, 7) is 4.54. The van der Waals surface area contributed by atoms with Gasteiger partial charge in [-0.2, -0.15) is 0 Å². The van der Waals surface area contributed by atoms with Crippen molar-refractivity contribution in [3.05, 3.63) is 60.2 Å². The molecule has 2 aromatic rings. The van der Waals surface area contributed by atoms with Crippen LogP contribution in [0.25, 0.3) is 0 Å². The van der Waals surface area contributed by atoms with Crippen LogP contribution < -0.4 is 15.4 Å². The lowest BCUT2D eigenvalue weighted by Crippen LogP contribution is -2.27. The molecule has 0 heterocycles. The maximum absolute atomic E-state index is 12.2. The Bertz CT molecular complexity index is 716. The number of hydrogen-bond donors (Lipinski definition) is 2. The van der Waals surface area contributed by atoms with E-state index >= 15 is 0 Å². The first-order chi connectivity index (χ1) is 12.6. The molecule has 0 aliphatic carbocycles. The first kappa shape index (κ1) is 19.5. The molecule has 2 rings (SSSR count). The third-order valence-corrected chi connectivity index (χ3v) is 3.88. The molecule has 5 heteroatoms. The van der Waals surface area contributed by atoms with Crippen LogP contribution in [0.5, 0.6) is 5.75 Å². The largest absolute Gasteiger partial charge is 0.491 e. The van der Waals surface area contributed by atoms with Crippen molar-refractivity contribution in [1.29, 1.82) is 0 Å². The lowest BCUT2D eigenvalue weighted by Gasteiger charge is -2.14. The van der Waals surface area contributed by atoms with E-state index in [1.54, 1.807) is 6.07 Å². The molecule has 0 fully saturated rings. The molecule has 2 amide bonds. The topological polar surface area (TPSA) is 67.4 Å². The van der Waals surface area contributed by atoms with E-state index in [0.29, 0.717) is 18.0 Å². The van der Waals surface area contributed by atoms with Gasteiger partial charge in [0.05, 0.1) is 18.3 Å². The molecular weight excluding hydrogens is 328 g/mol. The minimum Gasteiger partial charge on any atom is -0.491 e. The molecule has 0 spiro atoms. The van der Waals surface area contributed by atoms with E-state index in [1.807, 2.05) is 62.4 Å². The van der Waals surface area contributed by atoms with E-state index < -0.39 is 0 Å². The molecule has 0 radical (unpaired) electrons. The van der Waals surface area contributed by atoms with Crippen LogP contribution in [-0.2, 0) is 9.59 Å². The number of para-hydroxylation sites is 2. The molecule has 5 nitrogen and oxygen atoms in total. The monoisotopic (exact) mass is 354 g/mol. The van der Waals surface area contributed by atoms with Crippen molar-refractivity contribution in [1.82, 2.24) is 5.32 Å². The Morgan fingerprint density at radius 2 is 1.62 bits per heavy atom. The first-order valence-corrected chi connectivity index (χ1v) is 8.96. The van der Waals surface area contributed by atoms with Crippen LogP contribution in [0.3, 0.4) is 0 Å². The Morgan fingerprint density at radius 3 is 2.35 bits per heavy atom. The fraction of sp³-hybridized carbons (Fsp3) is 0.333. The second-order valence-corrected chi connectivity index (χ2v) is 6.09. The average molecular weight is 354 g/mol. The van der Waals surface area contributed by atoms with E-state index in [1.165, 1.54) is 0 Å². The van der Waals surface area contributed by atoms with Gasteiger partial charge < -0.3 is 15.4 Å². The second kappa shape index (κ2) is 10.2. The number of hydrogen-bond acceptors (Lipinski definition) is 3. The number of amides is 2. The van der Waals surface area contributed by atoms with Gasteiger partial charge in [0.25, 0.3) is 0 Å². The van der Waals surface area contributed by atoms with Crippen LogP contribution in [0.15, 0.2) is 54.6 Å². The molecule has 0 saturated heterocycles. The Balaban J connectivity index is 1.80. The van der Waals surface area contributed by atoms with E-state index in [2.05, 4.69) is 10.6 Å². The second-order valence-electron chi connectivity index (χ2n) is 6.09. The minimum absolute atomic E-state index is 0.0880. The predicted molar refractivity (Wildman–Crippen MR) is 103 cm³/mol. The third-order valence-electron chi connectivity index (χ3n) is 3.88. The van der Waals surface area contributed by atoms with Crippen molar-refractivity contribution < 1.29 is 14.3 Å². The highest BCUT2D eigenvalue weighted by atomic mass is 16.5. The van der Waals surface area contributed by atoms with Crippen LogP contribution in [-0.4, -0.2) is 18.4 Å². The molecule has 0 aromatic heterocycles. The summed E-state index contributed by atoms with van der Waals surface area (Å²) in [6, 6.07) is 16.9. The van der Waals surface area contributed by atoms with E-state index in [-0.39, 0.29) is 30.7 Å². The molecule has 26 heavy (non-hydrogen) atoms. The highest BCUT2D eigenvalue weighted by Crippen LogP contribution is 2.24. The SMILES string of the molecule is CCCOc1ccccc1NC(=O)CCC(=O)NC(C)c1ccccc1. The molecule has 138 valence electrons. The van der Waals surface area contributed by atoms with Gasteiger partial charge in [-0.3, -0.25) is 9.59 Å². The summed E-state index contributed by atoms with van der Waals surface area (Å²) >= 11 is 0. The Hall–Kier alpha value is -2.82. The van der Waals surface area contributed by atoms with Gasteiger partial charge in [0.2, 0.25) is 11.8 Å². The van der Waals surface area contributed by atoms with Crippen molar-refractivity contribution in [2.75, 3.05) is 11.9 Å². The normalized spacial score (nSPS) is 11.5. The van der Waals surface area contributed by atoms with Gasteiger partial charge in [0.1, 0.15) is 5.75 Å². The number of carbonyl (C=O) groups is 2. The van der Waals surface area contributed by atoms with Crippen LogP contribution in [0.4, 0.5) is 5.69 Å². The smallest absolute Gasteiger partial charge is 0.224 e. The summed E-state index contributed by atoms with van der Waals surface area (Å²) < 4.78 is 5.62. The van der Waals surface area contributed by atoms with Crippen LogP contribution >= 0.6 is 0 Å². The fourth-order valence-corrected chi connectivity index (χ4v) is 2.49. The van der Waals surface area contributed by atoms with Crippen LogP contribution in [0.1, 0.15) is 44.7 Å². The van der Waals surface area contributed by atoms with Crippen molar-refractivity contribution >= 4 is 17.5 Å². The molecule has 2 N–H and O–H groups in total. The van der Waals surface area contributed by atoms with Crippen molar-refractivity contribution in [2.24, 2.45) is 0 Å². The summed E-state index contributed by atoms with van der Waals surface area (Å²) in [5.41, 5.74) is 1.66. The van der Waals surface area contributed by atoms with Crippen LogP contribution in [0, 0.1) is 0 Å². The van der Waals surface area contributed by atoms with Gasteiger partial charge in [-0.05, 0) is 31.0 Å². The summed E-state index contributed by atoms with van der Waals surface area (Å²) in [6.07, 6.45) is 1.15. The molecule has 0 bridgehead atoms. The standard InChI is InChI=1S/C21H26N2O3/c1-3-15-26-19-12-8-7-11-18(19)23-21(25)14-13-20(24)22-16(2)17-9-5-4-6-10-17/h4-12,16H,3,13-15H2,1-2H3,(H,22,24)(H,23,25). The summed E-state index contributed by atoms with van der Waals surface area (Å²) in [5.74, 6) is 0.289. The zero-order valence-corrected chi connectivity index (χ0v) is 15.3. The number of carbonyl (C=O) groups excluding carboxylic acids is 2. The number of nitrogens with one attached hydrogen (secondary N) is 2. The predicted octanol–water partition coefficient (Wildman–Crippen LogP) is 4.07. The summed E-state index contributed by atoms with van der Waals surface area (Å²) in [4.78, 5) is 24.2. The van der Waals surface area contributed by atoms with E-state index in [0.717, 1.165) is 12.0 Å². The number of benzene rings is 2. The van der Waals surface area contributed by atoms with Gasteiger partial charge in [0, 0.05) is 12.8 Å². The lowest BCUT2D eigenvalue weighted by molar-refractivity contribution is -0.124. The van der Waals surface area contributed by atoms with Gasteiger partial charge in [-0.15, -0.1) is 0 Å². The summed E-state index contributed by atoms with van der Waals surface area (Å²) in [5, 5.41) is 5.73. The number of ether oxygens (including phenoxy) is 1. The fourth-order valence-electron chi connectivity index (χ4n) is 2.49. The minimum atomic E-state index is -0.208. The van der Waals surface area contributed by atoms with Gasteiger partial charge in [-0.1, -0.05) is 49.4 Å². The molecule has 0 saturated carbocycles. The number of anilines is 1. The van der Waals surface area contributed by atoms with Crippen LogP contribution in [0.2, 0.25) is 0 Å². The van der Waals surface area contributed by atoms with Crippen molar-refractivity contribution in [3.63, 3.8) is 0 Å². The van der Waals surface area contributed by atoms with Gasteiger partial charge in [-0.25, -0.2) is 0 Å². The maximum Gasteiger partial charge on any atom is 0.224 e. The van der Waals surface area contributed by atoms with Crippen molar-refractivity contribution in [3.8, 4) is 5.75 Å². The van der Waals surface area contributed by atoms with E-state index in [9.17, 15) is 9.59 Å². The van der Waals surface area contributed by atoms with Gasteiger partial charge in [0.15, 0.2) is 0 Å². The third kappa shape index (κ3) is 6.24. The lowest BCUT2D eigenvalue weighted by atomic mass is 10.1. The highest BCUT2D eigenvalue weighted by Gasteiger charge is 2.12. The number of rotatable bonds is 9. The average Bonchev–Trinajstić information content (AvgIpc) is 2.66.